The van der Waals surface area contributed by atoms with Crippen LogP contribution >= 0.6 is 0 Å². The van der Waals surface area contributed by atoms with Gasteiger partial charge in [-0.2, -0.15) is 0 Å². The highest BCUT2D eigenvalue weighted by molar-refractivity contribution is 4.78. The standard InChI is InChI=1S/C12H23NO/c1-2-3-4-5-6-9-13-10-7-8-12(13)11-14/h2,12,14H,1,3-11H2/t12-/m0/s1. The molecular formula is C12H23NO. The minimum atomic E-state index is 0.340. The van der Waals surface area contributed by atoms with Crippen LogP contribution in [0.25, 0.3) is 0 Å². The average molecular weight is 197 g/mol. The van der Waals surface area contributed by atoms with E-state index in [2.05, 4.69) is 11.5 Å². The van der Waals surface area contributed by atoms with Crippen LogP contribution in [0.5, 0.6) is 0 Å². The van der Waals surface area contributed by atoms with Gasteiger partial charge in [-0.3, -0.25) is 4.90 Å². The Balaban J connectivity index is 2.02. The van der Waals surface area contributed by atoms with E-state index in [-0.39, 0.29) is 0 Å². The molecule has 1 rings (SSSR count). The van der Waals surface area contributed by atoms with Gasteiger partial charge in [-0.1, -0.05) is 12.5 Å². The number of likely N-dealkylation sites (tertiary alicyclic amines) is 1. The molecule has 14 heavy (non-hydrogen) atoms. The Morgan fingerprint density at radius 3 is 2.93 bits per heavy atom. The van der Waals surface area contributed by atoms with Crippen LogP contribution in [0.1, 0.15) is 38.5 Å². The van der Waals surface area contributed by atoms with Gasteiger partial charge >= 0.3 is 0 Å². The van der Waals surface area contributed by atoms with Crippen LogP contribution in [0.4, 0.5) is 0 Å². The normalized spacial score (nSPS) is 22.8. The molecule has 1 aliphatic rings. The highest BCUT2D eigenvalue weighted by Crippen LogP contribution is 2.17. The molecular weight excluding hydrogens is 174 g/mol. The van der Waals surface area contributed by atoms with E-state index in [1.165, 1.54) is 45.2 Å². The Labute approximate surface area is 87.6 Å². The fourth-order valence-electron chi connectivity index (χ4n) is 2.18. The number of nitrogens with zero attached hydrogens (tertiary/aromatic N) is 1. The Kier molecular flexibility index (Phi) is 5.88. The smallest absolute Gasteiger partial charge is 0.0586 e. The van der Waals surface area contributed by atoms with Gasteiger partial charge in [-0.15, -0.1) is 6.58 Å². The Morgan fingerprint density at radius 1 is 1.36 bits per heavy atom. The molecule has 0 amide bonds. The molecule has 1 aliphatic heterocycles. The number of aliphatic hydroxyl groups excluding tert-OH is 1. The summed E-state index contributed by atoms with van der Waals surface area (Å²) >= 11 is 0. The predicted molar refractivity (Wildman–Crippen MR) is 60.3 cm³/mol. The Morgan fingerprint density at radius 2 is 2.21 bits per heavy atom. The molecule has 0 saturated carbocycles. The molecule has 82 valence electrons. The zero-order valence-electron chi connectivity index (χ0n) is 9.12. The second kappa shape index (κ2) is 7.02. The van der Waals surface area contributed by atoms with Crippen LogP contribution in [-0.2, 0) is 0 Å². The predicted octanol–water partition coefficient (Wildman–Crippen LogP) is 2.19. The van der Waals surface area contributed by atoms with Gasteiger partial charge in [0.05, 0.1) is 6.61 Å². The molecule has 1 heterocycles. The van der Waals surface area contributed by atoms with Crippen molar-refractivity contribution in [3.63, 3.8) is 0 Å². The molecule has 0 unspecified atom stereocenters. The summed E-state index contributed by atoms with van der Waals surface area (Å²) in [5.41, 5.74) is 0. The van der Waals surface area contributed by atoms with Gasteiger partial charge in [0.15, 0.2) is 0 Å². The number of rotatable bonds is 7. The van der Waals surface area contributed by atoms with Crippen molar-refractivity contribution in [3.8, 4) is 0 Å². The molecule has 1 fully saturated rings. The van der Waals surface area contributed by atoms with Crippen molar-refractivity contribution in [3.05, 3.63) is 12.7 Å². The van der Waals surface area contributed by atoms with Crippen LogP contribution in [0.2, 0.25) is 0 Å². The summed E-state index contributed by atoms with van der Waals surface area (Å²) in [6, 6.07) is 0.453. The van der Waals surface area contributed by atoms with E-state index in [1.807, 2.05) is 6.08 Å². The molecule has 1 saturated heterocycles. The molecule has 2 heteroatoms. The summed E-state index contributed by atoms with van der Waals surface area (Å²) in [5.74, 6) is 0. The molecule has 0 spiro atoms. The topological polar surface area (TPSA) is 23.5 Å². The zero-order valence-corrected chi connectivity index (χ0v) is 9.12. The number of unbranched alkanes of at least 4 members (excludes halogenated alkanes) is 3. The van der Waals surface area contributed by atoms with Gasteiger partial charge in [-0.05, 0) is 45.2 Å². The van der Waals surface area contributed by atoms with E-state index in [1.54, 1.807) is 0 Å². The van der Waals surface area contributed by atoms with Gasteiger partial charge in [0.1, 0.15) is 0 Å². The third-order valence-corrected chi connectivity index (χ3v) is 3.06. The quantitative estimate of drug-likeness (QED) is 0.499. The van der Waals surface area contributed by atoms with Crippen molar-refractivity contribution in [1.29, 1.82) is 0 Å². The van der Waals surface area contributed by atoms with Crippen LogP contribution in [-0.4, -0.2) is 35.7 Å². The van der Waals surface area contributed by atoms with Crippen LogP contribution < -0.4 is 0 Å². The second-order valence-corrected chi connectivity index (χ2v) is 4.15. The summed E-state index contributed by atoms with van der Waals surface area (Å²) in [5, 5.41) is 9.12. The maximum atomic E-state index is 9.12. The van der Waals surface area contributed by atoms with E-state index < -0.39 is 0 Å². The lowest BCUT2D eigenvalue weighted by molar-refractivity contribution is 0.157. The highest BCUT2D eigenvalue weighted by Gasteiger charge is 2.22. The monoisotopic (exact) mass is 197 g/mol. The fraction of sp³-hybridized carbons (Fsp3) is 0.833. The van der Waals surface area contributed by atoms with E-state index in [0.29, 0.717) is 12.6 Å². The molecule has 0 aromatic rings. The Hall–Kier alpha value is -0.340. The summed E-state index contributed by atoms with van der Waals surface area (Å²) < 4.78 is 0. The van der Waals surface area contributed by atoms with Gasteiger partial charge in [-0.25, -0.2) is 0 Å². The molecule has 0 aliphatic carbocycles. The first-order chi connectivity index (χ1) is 6.88. The molecule has 0 bridgehead atoms. The van der Waals surface area contributed by atoms with E-state index in [4.69, 9.17) is 5.11 Å². The molecule has 0 aromatic heterocycles. The molecule has 0 aromatic carbocycles. The summed E-state index contributed by atoms with van der Waals surface area (Å²) in [6.07, 6.45) is 9.41. The number of hydrogen-bond donors (Lipinski definition) is 1. The lowest BCUT2D eigenvalue weighted by Gasteiger charge is -2.22. The third-order valence-electron chi connectivity index (χ3n) is 3.06. The van der Waals surface area contributed by atoms with Crippen molar-refractivity contribution < 1.29 is 5.11 Å². The lowest BCUT2D eigenvalue weighted by Crippen LogP contribution is -2.32. The fourth-order valence-corrected chi connectivity index (χ4v) is 2.18. The first-order valence-electron chi connectivity index (χ1n) is 5.84. The van der Waals surface area contributed by atoms with Gasteiger partial charge < -0.3 is 5.11 Å². The van der Waals surface area contributed by atoms with Crippen LogP contribution in [0.15, 0.2) is 12.7 Å². The van der Waals surface area contributed by atoms with Crippen molar-refractivity contribution >= 4 is 0 Å². The summed E-state index contributed by atoms with van der Waals surface area (Å²) in [6.45, 7) is 6.41. The first-order valence-corrected chi connectivity index (χ1v) is 5.84. The Bertz CT molecular complexity index is 158. The first kappa shape index (κ1) is 11.7. The third kappa shape index (κ3) is 3.81. The van der Waals surface area contributed by atoms with Crippen molar-refractivity contribution in [2.75, 3.05) is 19.7 Å². The molecule has 1 atom stereocenters. The summed E-state index contributed by atoms with van der Waals surface area (Å²) in [4.78, 5) is 2.44. The molecule has 1 N–H and O–H groups in total. The van der Waals surface area contributed by atoms with Gasteiger partial charge in [0.25, 0.3) is 0 Å². The average Bonchev–Trinajstić information content (AvgIpc) is 2.65. The van der Waals surface area contributed by atoms with E-state index >= 15 is 0 Å². The minimum Gasteiger partial charge on any atom is -0.395 e. The van der Waals surface area contributed by atoms with Crippen LogP contribution in [0.3, 0.4) is 0 Å². The van der Waals surface area contributed by atoms with Crippen molar-refractivity contribution in [2.24, 2.45) is 0 Å². The largest absolute Gasteiger partial charge is 0.395 e. The molecule has 0 radical (unpaired) electrons. The summed E-state index contributed by atoms with van der Waals surface area (Å²) in [7, 11) is 0. The lowest BCUT2D eigenvalue weighted by atomic mass is 10.2. The second-order valence-electron chi connectivity index (χ2n) is 4.15. The van der Waals surface area contributed by atoms with Crippen molar-refractivity contribution in [1.82, 2.24) is 4.90 Å². The van der Waals surface area contributed by atoms with Crippen molar-refractivity contribution in [2.45, 2.75) is 44.6 Å². The number of allylic oxidation sites excluding steroid dienone is 1. The van der Waals surface area contributed by atoms with E-state index in [0.717, 1.165) is 6.42 Å². The number of hydrogen-bond acceptors (Lipinski definition) is 2. The minimum absolute atomic E-state index is 0.340. The van der Waals surface area contributed by atoms with Crippen LogP contribution in [0, 0.1) is 0 Å². The van der Waals surface area contributed by atoms with Gasteiger partial charge in [0.2, 0.25) is 0 Å². The molecule has 2 nitrogen and oxygen atoms in total. The van der Waals surface area contributed by atoms with E-state index in [9.17, 15) is 0 Å². The SMILES string of the molecule is C=CCCCCCN1CCC[C@H]1CO. The zero-order chi connectivity index (χ0) is 10.2. The van der Waals surface area contributed by atoms with Gasteiger partial charge in [0, 0.05) is 6.04 Å². The number of aliphatic hydroxyl groups is 1. The maximum absolute atomic E-state index is 9.12. The maximum Gasteiger partial charge on any atom is 0.0586 e. The highest BCUT2D eigenvalue weighted by atomic mass is 16.3.